The lowest BCUT2D eigenvalue weighted by Gasteiger charge is -2.28. The van der Waals surface area contributed by atoms with Gasteiger partial charge in [-0.05, 0) is 25.7 Å². The Hall–Kier alpha value is 1.32. The molecular formula is C8H16N2S4. The molecule has 0 atom stereocenters. The molecule has 6 heteroatoms. The monoisotopic (exact) mass is 268 g/mol. The van der Waals surface area contributed by atoms with Crippen LogP contribution in [0.25, 0.3) is 0 Å². The molecule has 2 rings (SSSR count). The molecule has 0 N–H and O–H groups in total. The van der Waals surface area contributed by atoms with Crippen LogP contribution in [0.5, 0.6) is 0 Å². The third-order valence-corrected chi connectivity index (χ3v) is 7.17. The molecular weight excluding hydrogens is 252 g/mol. The van der Waals surface area contributed by atoms with Gasteiger partial charge < -0.3 is 0 Å². The average molecular weight is 268 g/mol. The van der Waals surface area contributed by atoms with Crippen molar-refractivity contribution >= 4 is 43.5 Å². The molecule has 2 aliphatic heterocycles. The molecule has 2 saturated heterocycles. The molecule has 0 aromatic carbocycles. The highest BCUT2D eigenvalue weighted by Gasteiger charge is 2.20. The van der Waals surface area contributed by atoms with E-state index in [1.165, 1.54) is 50.3 Å². The van der Waals surface area contributed by atoms with Crippen molar-refractivity contribution in [2.75, 3.05) is 24.6 Å². The van der Waals surface area contributed by atoms with E-state index in [0.29, 0.717) is 0 Å². The van der Waals surface area contributed by atoms with Crippen molar-refractivity contribution in [2.45, 2.75) is 25.7 Å². The summed E-state index contributed by atoms with van der Waals surface area (Å²) in [5.41, 5.74) is 0. The Morgan fingerprint density at radius 3 is 1.64 bits per heavy atom. The minimum absolute atomic E-state index is 1.23. The van der Waals surface area contributed by atoms with Crippen LogP contribution in [-0.4, -0.2) is 33.4 Å². The summed E-state index contributed by atoms with van der Waals surface area (Å²) in [6.07, 6.45) is 5.45. The van der Waals surface area contributed by atoms with Crippen molar-refractivity contribution in [1.82, 2.24) is 8.83 Å². The van der Waals surface area contributed by atoms with Crippen molar-refractivity contribution in [3.05, 3.63) is 0 Å². The lowest BCUT2D eigenvalue weighted by atomic mass is 10.3. The summed E-state index contributed by atoms with van der Waals surface area (Å²) in [7, 11) is 7.89. The van der Waals surface area contributed by atoms with E-state index in [9.17, 15) is 0 Å². The van der Waals surface area contributed by atoms with Gasteiger partial charge in [-0.25, -0.2) is 0 Å². The highest BCUT2D eigenvalue weighted by molar-refractivity contribution is 8.77. The van der Waals surface area contributed by atoms with Gasteiger partial charge in [0.1, 0.15) is 0 Å². The lowest BCUT2D eigenvalue weighted by molar-refractivity contribution is 0.201. The first-order valence-corrected chi connectivity index (χ1v) is 9.66. The molecule has 2 heterocycles. The van der Waals surface area contributed by atoms with Crippen LogP contribution in [0.3, 0.4) is 0 Å². The molecule has 2 aliphatic rings. The summed E-state index contributed by atoms with van der Waals surface area (Å²) >= 11 is 0. The fourth-order valence-corrected chi connectivity index (χ4v) is 6.41. The third kappa shape index (κ3) is 3.72. The van der Waals surface area contributed by atoms with Gasteiger partial charge >= 0.3 is 0 Å². The molecule has 14 heavy (non-hydrogen) atoms. The zero-order valence-corrected chi connectivity index (χ0v) is 11.5. The highest BCUT2D eigenvalue weighted by atomic mass is 33.1. The number of rotatable bonds is 1. The molecule has 0 aliphatic carbocycles. The van der Waals surface area contributed by atoms with Crippen molar-refractivity contribution in [3.63, 3.8) is 0 Å². The maximum Gasteiger partial charge on any atom is 0.0265 e. The minimum Gasteiger partial charge on any atom is -0.165 e. The molecule has 0 amide bonds. The second-order valence-electron chi connectivity index (χ2n) is 3.36. The van der Waals surface area contributed by atoms with Crippen LogP contribution in [0.15, 0.2) is 0 Å². The van der Waals surface area contributed by atoms with Crippen molar-refractivity contribution < 1.29 is 0 Å². The third-order valence-electron chi connectivity index (χ3n) is 2.18. The highest BCUT2D eigenvalue weighted by Crippen LogP contribution is 2.39. The molecule has 0 aromatic heterocycles. The Balaban J connectivity index is 1.83. The first-order chi connectivity index (χ1) is 6.97. The lowest BCUT2D eigenvalue weighted by Crippen LogP contribution is -2.31. The predicted molar refractivity (Wildman–Crippen MR) is 72.0 cm³/mol. The van der Waals surface area contributed by atoms with Crippen LogP contribution >= 0.6 is 43.5 Å². The fraction of sp³-hybridized carbons (Fsp3) is 1.00. The Morgan fingerprint density at radius 2 is 1.14 bits per heavy atom. The molecule has 2 nitrogen and oxygen atoms in total. The van der Waals surface area contributed by atoms with Gasteiger partial charge in [0.15, 0.2) is 0 Å². The Kier molecular flexibility index (Phi) is 5.73. The summed E-state index contributed by atoms with van der Waals surface area (Å²) in [6, 6.07) is 0. The molecule has 82 valence electrons. The van der Waals surface area contributed by atoms with E-state index in [-0.39, 0.29) is 0 Å². The largest absolute Gasteiger partial charge is 0.165 e. The maximum absolute atomic E-state index is 2.46. The van der Waals surface area contributed by atoms with Crippen LogP contribution < -0.4 is 0 Å². The summed E-state index contributed by atoms with van der Waals surface area (Å²) in [5, 5.41) is 0. The summed E-state index contributed by atoms with van der Waals surface area (Å²) < 4.78 is 4.92. The summed E-state index contributed by atoms with van der Waals surface area (Å²) in [4.78, 5) is 0. The van der Waals surface area contributed by atoms with E-state index in [2.05, 4.69) is 8.83 Å². The van der Waals surface area contributed by atoms with Crippen LogP contribution in [0.4, 0.5) is 0 Å². The average Bonchev–Trinajstić information content (AvgIpc) is 2.62. The smallest absolute Gasteiger partial charge is 0.0265 e. The van der Waals surface area contributed by atoms with Gasteiger partial charge in [-0.2, -0.15) is 8.83 Å². The van der Waals surface area contributed by atoms with Crippen molar-refractivity contribution in [1.29, 1.82) is 0 Å². The summed E-state index contributed by atoms with van der Waals surface area (Å²) in [5.74, 6) is 2.62. The topological polar surface area (TPSA) is 6.48 Å². The van der Waals surface area contributed by atoms with Gasteiger partial charge in [-0.3, -0.25) is 0 Å². The quantitative estimate of drug-likeness (QED) is 0.525. The van der Waals surface area contributed by atoms with Gasteiger partial charge in [0.05, 0.1) is 0 Å². The molecule has 0 spiro atoms. The van der Waals surface area contributed by atoms with Crippen LogP contribution in [0.1, 0.15) is 25.7 Å². The second kappa shape index (κ2) is 6.81. The van der Waals surface area contributed by atoms with Crippen LogP contribution in [0.2, 0.25) is 0 Å². The SMILES string of the molecule is C1CCN(N2CCCCSS2)SSC1. The number of hydrogen-bond acceptors (Lipinski definition) is 6. The fourth-order valence-electron chi connectivity index (χ4n) is 1.38. The van der Waals surface area contributed by atoms with E-state index in [0.717, 1.165) is 0 Å². The molecule has 0 saturated carbocycles. The van der Waals surface area contributed by atoms with Crippen molar-refractivity contribution in [3.8, 4) is 0 Å². The van der Waals surface area contributed by atoms with E-state index in [1.54, 1.807) is 0 Å². The Bertz CT molecular complexity index is 135. The second-order valence-corrected chi connectivity index (χ2v) is 8.10. The van der Waals surface area contributed by atoms with Crippen LogP contribution in [-0.2, 0) is 0 Å². The van der Waals surface area contributed by atoms with Gasteiger partial charge in [0.2, 0.25) is 0 Å². The first kappa shape index (κ1) is 11.8. The Morgan fingerprint density at radius 1 is 0.643 bits per heavy atom. The van der Waals surface area contributed by atoms with Crippen LogP contribution in [0, 0.1) is 0 Å². The van der Waals surface area contributed by atoms with E-state index in [1.807, 2.05) is 43.5 Å². The van der Waals surface area contributed by atoms with Crippen molar-refractivity contribution in [2.24, 2.45) is 0 Å². The van der Waals surface area contributed by atoms with Gasteiger partial charge in [0, 0.05) is 46.6 Å². The minimum atomic E-state index is 1.23. The molecule has 0 unspecified atom stereocenters. The number of hydrogen-bond donors (Lipinski definition) is 0. The Labute approximate surface area is 102 Å². The van der Waals surface area contributed by atoms with E-state index < -0.39 is 0 Å². The summed E-state index contributed by atoms with van der Waals surface area (Å²) in [6.45, 7) is 2.45. The van der Waals surface area contributed by atoms with E-state index in [4.69, 9.17) is 0 Å². The van der Waals surface area contributed by atoms with Gasteiger partial charge in [-0.15, -0.1) is 0 Å². The number of nitrogens with zero attached hydrogens (tertiary/aromatic N) is 2. The van der Waals surface area contributed by atoms with E-state index >= 15 is 0 Å². The number of hydrazine groups is 1. The maximum atomic E-state index is 2.46. The standard InChI is InChI=1S/C8H16N2S4/c1-3-7-11-13-9(5-1)10-6-2-4-8-12-14-10/h1-8H2. The normalized spacial score (nSPS) is 28.3. The molecule has 0 bridgehead atoms. The molecule has 0 radical (unpaired) electrons. The molecule has 2 fully saturated rings. The van der Waals surface area contributed by atoms with Gasteiger partial charge in [0.25, 0.3) is 0 Å². The predicted octanol–water partition coefficient (Wildman–Crippen LogP) is 3.69. The zero-order valence-electron chi connectivity index (χ0n) is 8.18. The zero-order chi connectivity index (χ0) is 9.64. The first-order valence-electron chi connectivity index (χ1n) is 5.11. The molecule has 0 aromatic rings. The van der Waals surface area contributed by atoms with Gasteiger partial charge in [-0.1, -0.05) is 21.6 Å².